The molecule has 2 N–H and O–H groups in total. The van der Waals surface area contributed by atoms with Crippen LogP contribution in [0.1, 0.15) is 23.5 Å². The van der Waals surface area contributed by atoms with Gasteiger partial charge in [0, 0.05) is 29.1 Å². The SMILES string of the molecule is O=C(O)C[C@H](c1ccc(F)cc1F)c1c[nH]c2ccccc12. The van der Waals surface area contributed by atoms with Crippen molar-refractivity contribution in [3.63, 3.8) is 0 Å². The first-order valence-electron chi connectivity index (χ1n) is 6.79. The summed E-state index contributed by atoms with van der Waals surface area (Å²) < 4.78 is 27.2. The van der Waals surface area contributed by atoms with E-state index < -0.39 is 23.5 Å². The smallest absolute Gasteiger partial charge is 0.304 e. The Morgan fingerprint density at radius 2 is 1.91 bits per heavy atom. The number of aromatic amines is 1. The zero-order valence-corrected chi connectivity index (χ0v) is 11.5. The predicted octanol–water partition coefficient (Wildman–Crippen LogP) is 4.05. The van der Waals surface area contributed by atoms with Crippen LogP contribution in [0.15, 0.2) is 48.7 Å². The molecule has 0 saturated heterocycles. The average molecular weight is 301 g/mol. The molecule has 3 nitrogen and oxygen atoms in total. The van der Waals surface area contributed by atoms with E-state index in [1.807, 2.05) is 24.3 Å². The van der Waals surface area contributed by atoms with Gasteiger partial charge in [0.15, 0.2) is 0 Å². The molecule has 0 aliphatic heterocycles. The molecule has 0 saturated carbocycles. The largest absolute Gasteiger partial charge is 0.481 e. The normalized spacial score (nSPS) is 12.5. The summed E-state index contributed by atoms with van der Waals surface area (Å²) in [5.74, 6) is -3.15. The molecule has 0 fully saturated rings. The van der Waals surface area contributed by atoms with E-state index >= 15 is 0 Å². The molecule has 0 spiro atoms. The van der Waals surface area contributed by atoms with E-state index in [1.165, 1.54) is 6.07 Å². The first kappa shape index (κ1) is 14.3. The number of benzene rings is 2. The van der Waals surface area contributed by atoms with Crippen LogP contribution >= 0.6 is 0 Å². The number of aliphatic carboxylic acids is 1. The van der Waals surface area contributed by atoms with Crippen LogP contribution in [0.2, 0.25) is 0 Å². The maximum atomic E-state index is 14.1. The second kappa shape index (κ2) is 5.60. The lowest BCUT2D eigenvalue weighted by Gasteiger charge is -2.16. The Kier molecular flexibility index (Phi) is 3.63. The molecule has 1 aromatic heterocycles. The number of halogens is 2. The Morgan fingerprint density at radius 3 is 2.64 bits per heavy atom. The van der Waals surface area contributed by atoms with Crippen molar-refractivity contribution >= 4 is 16.9 Å². The first-order valence-corrected chi connectivity index (χ1v) is 6.79. The standard InChI is InChI=1S/C17H13F2NO2/c18-10-5-6-11(15(19)7-10)13(8-17(21)22)14-9-20-16-4-2-1-3-12(14)16/h1-7,9,13,20H,8H2,(H,21,22)/t13-/m1/s1. The van der Waals surface area contributed by atoms with Gasteiger partial charge in [-0.2, -0.15) is 0 Å². The molecule has 112 valence electrons. The molecule has 2 aromatic carbocycles. The van der Waals surface area contributed by atoms with Gasteiger partial charge in [0.05, 0.1) is 6.42 Å². The molecule has 0 amide bonds. The number of carboxylic acid groups (broad SMARTS) is 1. The monoisotopic (exact) mass is 301 g/mol. The highest BCUT2D eigenvalue weighted by Gasteiger charge is 2.24. The molecule has 0 aliphatic rings. The van der Waals surface area contributed by atoms with E-state index in [0.717, 1.165) is 23.0 Å². The lowest BCUT2D eigenvalue weighted by Crippen LogP contribution is -2.09. The van der Waals surface area contributed by atoms with Gasteiger partial charge in [-0.25, -0.2) is 8.78 Å². The predicted molar refractivity (Wildman–Crippen MR) is 78.8 cm³/mol. The number of hydrogen-bond donors (Lipinski definition) is 2. The third-order valence-corrected chi connectivity index (χ3v) is 3.71. The molecule has 5 heteroatoms. The first-order chi connectivity index (χ1) is 10.6. The number of carbonyl (C=O) groups is 1. The number of para-hydroxylation sites is 1. The van der Waals surface area contributed by atoms with Crippen LogP contribution in [0.5, 0.6) is 0 Å². The number of fused-ring (bicyclic) bond motifs is 1. The second-order valence-electron chi connectivity index (χ2n) is 5.11. The Labute approximate surface area is 125 Å². The van der Waals surface area contributed by atoms with Crippen molar-refractivity contribution in [3.8, 4) is 0 Å². The van der Waals surface area contributed by atoms with Gasteiger partial charge < -0.3 is 10.1 Å². The van der Waals surface area contributed by atoms with Crippen molar-refractivity contribution in [1.82, 2.24) is 4.98 Å². The topological polar surface area (TPSA) is 53.1 Å². The highest BCUT2D eigenvalue weighted by molar-refractivity contribution is 5.85. The van der Waals surface area contributed by atoms with Crippen LogP contribution in [-0.2, 0) is 4.79 Å². The quantitative estimate of drug-likeness (QED) is 0.763. The van der Waals surface area contributed by atoms with Crippen LogP contribution < -0.4 is 0 Å². The van der Waals surface area contributed by atoms with Crippen molar-refractivity contribution in [3.05, 3.63) is 71.4 Å². The van der Waals surface area contributed by atoms with Crippen molar-refractivity contribution in [2.24, 2.45) is 0 Å². The minimum absolute atomic E-state index is 0.175. The van der Waals surface area contributed by atoms with Crippen molar-refractivity contribution in [1.29, 1.82) is 0 Å². The van der Waals surface area contributed by atoms with E-state index in [2.05, 4.69) is 4.98 Å². The van der Waals surface area contributed by atoms with Crippen molar-refractivity contribution < 1.29 is 18.7 Å². The molecule has 1 heterocycles. The van der Waals surface area contributed by atoms with Crippen LogP contribution in [0.4, 0.5) is 8.78 Å². The molecule has 0 aliphatic carbocycles. The fraction of sp³-hybridized carbons (Fsp3) is 0.118. The number of aromatic nitrogens is 1. The van der Waals surface area contributed by atoms with Gasteiger partial charge in [-0.3, -0.25) is 4.79 Å². The van der Waals surface area contributed by atoms with Gasteiger partial charge in [0.1, 0.15) is 11.6 Å². The molecular weight excluding hydrogens is 288 g/mol. The zero-order valence-electron chi connectivity index (χ0n) is 11.5. The molecule has 0 radical (unpaired) electrons. The maximum Gasteiger partial charge on any atom is 0.304 e. The summed E-state index contributed by atoms with van der Waals surface area (Å²) in [6.45, 7) is 0. The summed E-state index contributed by atoms with van der Waals surface area (Å²) in [6.07, 6.45) is 1.41. The highest BCUT2D eigenvalue weighted by atomic mass is 19.1. The fourth-order valence-corrected chi connectivity index (χ4v) is 2.73. The van der Waals surface area contributed by atoms with Crippen LogP contribution in [0, 0.1) is 11.6 Å². The summed E-state index contributed by atoms with van der Waals surface area (Å²) in [5, 5.41) is 9.99. The minimum atomic E-state index is -1.04. The van der Waals surface area contributed by atoms with Crippen LogP contribution in [0.3, 0.4) is 0 Å². The van der Waals surface area contributed by atoms with Gasteiger partial charge >= 0.3 is 5.97 Å². The molecule has 0 unspecified atom stereocenters. The molecule has 22 heavy (non-hydrogen) atoms. The van der Waals surface area contributed by atoms with Crippen molar-refractivity contribution in [2.45, 2.75) is 12.3 Å². The summed E-state index contributed by atoms with van der Waals surface area (Å²) in [6, 6.07) is 10.6. The molecule has 0 bridgehead atoms. The fourth-order valence-electron chi connectivity index (χ4n) is 2.73. The van der Waals surface area contributed by atoms with E-state index in [4.69, 9.17) is 5.11 Å². The van der Waals surface area contributed by atoms with Gasteiger partial charge in [0.25, 0.3) is 0 Å². The molecular formula is C17H13F2NO2. The van der Waals surface area contributed by atoms with E-state index in [1.54, 1.807) is 6.20 Å². The van der Waals surface area contributed by atoms with Gasteiger partial charge in [-0.1, -0.05) is 24.3 Å². The van der Waals surface area contributed by atoms with Crippen LogP contribution in [-0.4, -0.2) is 16.1 Å². The van der Waals surface area contributed by atoms with Crippen molar-refractivity contribution in [2.75, 3.05) is 0 Å². The number of rotatable bonds is 4. The Balaban J connectivity index is 2.16. The van der Waals surface area contributed by atoms with Gasteiger partial charge in [-0.05, 0) is 23.3 Å². The molecule has 1 atom stereocenters. The Bertz CT molecular complexity index is 842. The maximum absolute atomic E-state index is 14.1. The summed E-state index contributed by atoms with van der Waals surface area (Å²) in [5.41, 5.74) is 1.70. The van der Waals surface area contributed by atoms with E-state index in [-0.39, 0.29) is 12.0 Å². The van der Waals surface area contributed by atoms with Gasteiger partial charge in [-0.15, -0.1) is 0 Å². The number of carboxylic acids is 1. The van der Waals surface area contributed by atoms with Gasteiger partial charge in [0.2, 0.25) is 0 Å². The molecule has 3 aromatic rings. The number of H-pyrrole nitrogens is 1. The number of nitrogens with one attached hydrogen (secondary N) is 1. The summed E-state index contributed by atoms with van der Waals surface area (Å²) >= 11 is 0. The second-order valence-corrected chi connectivity index (χ2v) is 5.11. The zero-order chi connectivity index (χ0) is 15.7. The average Bonchev–Trinajstić information content (AvgIpc) is 2.89. The van der Waals surface area contributed by atoms with Crippen LogP contribution in [0.25, 0.3) is 10.9 Å². The third kappa shape index (κ3) is 2.57. The minimum Gasteiger partial charge on any atom is -0.481 e. The lowest BCUT2D eigenvalue weighted by molar-refractivity contribution is -0.137. The van der Waals surface area contributed by atoms with E-state index in [0.29, 0.717) is 5.56 Å². The summed E-state index contributed by atoms with van der Waals surface area (Å²) in [7, 11) is 0. The third-order valence-electron chi connectivity index (χ3n) is 3.71. The van der Waals surface area contributed by atoms with E-state index in [9.17, 15) is 13.6 Å². The molecule has 3 rings (SSSR count). The highest BCUT2D eigenvalue weighted by Crippen LogP contribution is 2.34. The summed E-state index contributed by atoms with van der Waals surface area (Å²) in [4.78, 5) is 14.2. The number of hydrogen-bond acceptors (Lipinski definition) is 1. The Hall–Kier alpha value is -2.69. The Morgan fingerprint density at radius 1 is 1.14 bits per heavy atom. The lowest BCUT2D eigenvalue weighted by atomic mass is 9.88.